The maximum atomic E-state index is 13.1. The van der Waals surface area contributed by atoms with E-state index >= 15 is 0 Å². The summed E-state index contributed by atoms with van der Waals surface area (Å²) in [6.07, 6.45) is 0.957. The third-order valence-electron chi connectivity index (χ3n) is 5.32. The quantitative estimate of drug-likeness (QED) is 0.809. The van der Waals surface area contributed by atoms with Crippen molar-refractivity contribution in [2.24, 2.45) is 5.92 Å². The molecule has 7 heteroatoms. The monoisotopic (exact) mass is 375 g/mol. The van der Waals surface area contributed by atoms with Gasteiger partial charge in [0.15, 0.2) is 0 Å². The van der Waals surface area contributed by atoms with Crippen molar-refractivity contribution in [2.75, 3.05) is 32.7 Å². The SMILES string of the molecule is CC(C)N1CC(C(=O)N2CCCN(C(=O)c3ccc(F)cc3)CC2)CC1=O. The van der Waals surface area contributed by atoms with E-state index in [0.717, 1.165) is 0 Å². The largest absolute Gasteiger partial charge is 0.341 e. The van der Waals surface area contributed by atoms with Crippen molar-refractivity contribution in [3.8, 4) is 0 Å². The Kier molecular flexibility index (Phi) is 5.77. The zero-order valence-electron chi connectivity index (χ0n) is 15.9. The third kappa shape index (κ3) is 4.28. The summed E-state index contributed by atoms with van der Waals surface area (Å²) in [7, 11) is 0. The highest BCUT2D eigenvalue weighted by Gasteiger charge is 2.37. The second-order valence-corrected chi connectivity index (χ2v) is 7.52. The Labute approximate surface area is 158 Å². The van der Waals surface area contributed by atoms with Gasteiger partial charge in [0.05, 0.1) is 5.92 Å². The van der Waals surface area contributed by atoms with Crippen LogP contribution in [-0.4, -0.2) is 71.2 Å². The number of carbonyl (C=O) groups is 3. The van der Waals surface area contributed by atoms with Crippen molar-refractivity contribution in [3.63, 3.8) is 0 Å². The van der Waals surface area contributed by atoms with Crippen LogP contribution in [0.15, 0.2) is 24.3 Å². The molecule has 146 valence electrons. The van der Waals surface area contributed by atoms with E-state index in [1.54, 1.807) is 14.7 Å². The molecule has 0 saturated carbocycles. The molecular formula is C20H26FN3O3. The molecule has 0 bridgehead atoms. The second-order valence-electron chi connectivity index (χ2n) is 7.52. The van der Waals surface area contributed by atoms with Crippen LogP contribution in [0.25, 0.3) is 0 Å². The van der Waals surface area contributed by atoms with E-state index in [9.17, 15) is 18.8 Å². The van der Waals surface area contributed by atoms with Crippen molar-refractivity contribution in [1.29, 1.82) is 0 Å². The van der Waals surface area contributed by atoms with Gasteiger partial charge >= 0.3 is 0 Å². The van der Waals surface area contributed by atoms with Crippen LogP contribution in [-0.2, 0) is 9.59 Å². The Balaban J connectivity index is 1.60. The molecule has 6 nitrogen and oxygen atoms in total. The van der Waals surface area contributed by atoms with Crippen LogP contribution >= 0.6 is 0 Å². The van der Waals surface area contributed by atoms with Gasteiger partial charge in [-0.2, -0.15) is 0 Å². The van der Waals surface area contributed by atoms with Crippen molar-refractivity contribution >= 4 is 17.7 Å². The normalized spacial score (nSPS) is 21.0. The first-order valence-corrected chi connectivity index (χ1v) is 9.50. The predicted molar refractivity (Wildman–Crippen MR) is 98.5 cm³/mol. The number of likely N-dealkylation sites (tertiary alicyclic amines) is 1. The van der Waals surface area contributed by atoms with Gasteiger partial charge in [0.2, 0.25) is 11.8 Å². The van der Waals surface area contributed by atoms with Gasteiger partial charge in [0.25, 0.3) is 5.91 Å². The molecule has 0 radical (unpaired) electrons. The van der Waals surface area contributed by atoms with Crippen LogP contribution in [0.5, 0.6) is 0 Å². The van der Waals surface area contributed by atoms with Gasteiger partial charge in [-0.15, -0.1) is 0 Å². The lowest BCUT2D eigenvalue weighted by atomic mass is 10.1. The zero-order valence-corrected chi connectivity index (χ0v) is 15.9. The molecule has 2 fully saturated rings. The number of amides is 3. The molecule has 1 atom stereocenters. The molecule has 3 rings (SSSR count). The van der Waals surface area contributed by atoms with Gasteiger partial charge < -0.3 is 14.7 Å². The fraction of sp³-hybridized carbons (Fsp3) is 0.550. The molecule has 0 aromatic heterocycles. The maximum absolute atomic E-state index is 13.1. The lowest BCUT2D eigenvalue weighted by Crippen LogP contribution is -2.41. The number of carbonyl (C=O) groups excluding carboxylic acids is 3. The lowest BCUT2D eigenvalue weighted by Gasteiger charge is -2.25. The average molecular weight is 375 g/mol. The van der Waals surface area contributed by atoms with Crippen LogP contribution in [0.3, 0.4) is 0 Å². The van der Waals surface area contributed by atoms with Gasteiger partial charge in [-0.1, -0.05) is 0 Å². The summed E-state index contributed by atoms with van der Waals surface area (Å²) >= 11 is 0. The highest BCUT2D eigenvalue weighted by molar-refractivity contribution is 5.94. The molecule has 0 N–H and O–H groups in total. The summed E-state index contributed by atoms with van der Waals surface area (Å²) in [5, 5.41) is 0. The highest BCUT2D eigenvalue weighted by Crippen LogP contribution is 2.23. The Morgan fingerprint density at radius 2 is 1.67 bits per heavy atom. The summed E-state index contributed by atoms with van der Waals surface area (Å²) in [6.45, 7) is 6.42. The predicted octanol–water partition coefficient (Wildman–Crippen LogP) is 1.76. The van der Waals surface area contributed by atoms with Gasteiger partial charge in [0.1, 0.15) is 5.82 Å². The smallest absolute Gasteiger partial charge is 0.253 e. The summed E-state index contributed by atoms with van der Waals surface area (Å²) in [6, 6.07) is 5.62. The first-order valence-electron chi connectivity index (χ1n) is 9.50. The van der Waals surface area contributed by atoms with Crippen molar-refractivity contribution in [2.45, 2.75) is 32.7 Å². The number of rotatable bonds is 3. The third-order valence-corrected chi connectivity index (χ3v) is 5.32. The lowest BCUT2D eigenvalue weighted by molar-refractivity contribution is -0.135. The molecule has 0 spiro atoms. The minimum atomic E-state index is -0.374. The Morgan fingerprint density at radius 3 is 2.30 bits per heavy atom. The number of hydrogen-bond acceptors (Lipinski definition) is 3. The van der Waals surface area contributed by atoms with Crippen LogP contribution in [0, 0.1) is 11.7 Å². The zero-order chi connectivity index (χ0) is 19.6. The highest BCUT2D eigenvalue weighted by atomic mass is 19.1. The number of nitrogens with zero attached hydrogens (tertiary/aromatic N) is 3. The van der Waals surface area contributed by atoms with Crippen molar-refractivity contribution in [1.82, 2.24) is 14.7 Å². The molecule has 1 unspecified atom stereocenters. The number of benzene rings is 1. The van der Waals surface area contributed by atoms with Gasteiger partial charge in [-0.05, 0) is 44.5 Å². The van der Waals surface area contributed by atoms with Gasteiger partial charge in [-0.25, -0.2) is 4.39 Å². The Morgan fingerprint density at radius 1 is 1.04 bits per heavy atom. The van der Waals surface area contributed by atoms with E-state index in [0.29, 0.717) is 44.7 Å². The van der Waals surface area contributed by atoms with Gasteiger partial charge in [0, 0.05) is 50.7 Å². The van der Waals surface area contributed by atoms with E-state index < -0.39 is 0 Å². The Bertz CT molecular complexity index is 720. The van der Waals surface area contributed by atoms with E-state index in [1.807, 2.05) is 13.8 Å². The second kappa shape index (κ2) is 8.06. The molecule has 2 aliphatic rings. The minimum Gasteiger partial charge on any atom is -0.341 e. The fourth-order valence-corrected chi connectivity index (χ4v) is 3.77. The molecule has 1 aromatic carbocycles. The van der Waals surface area contributed by atoms with Gasteiger partial charge in [-0.3, -0.25) is 14.4 Å². The maximum Gasteiger partial charge on any atom is 0.253 e. The minimum absolute atomic E-state index is 0.00239. The average Bonchev–Trinajstić information content (AvgIpc) is 2.88. The van der Waals surface area contributed by atoms with E-state index in [2.05, 4.69) is 0 Å². The van der Waals surface area contributed by atoms with Crippen LogP contribution < -0.4 is 0 Å². The number of halogens is 1. The molecule has 2 heterocycles. The van der Waals surface area contributed by atoms with Crippen LogP contribution in [0.4, 0.5) is 4.39 Å². The molecule has 0 aliphatic carbocycles. The van der Waals surface area contributed by atoms with Crippen molar-refractivity contribution < 1.29 is 18.8 Å². The first kappa shape index (κ1) is 19.3. The van der Waals surface area contributed by atoms with Crippen LogP contribution in [0.1, 0.15) is 37.0 Å². The molecule has 1 aromatic rings. The van der Waals surface area contributed by atoms with E-state index in [1.165, 1.54) is 24.3 Å². The summed E-state index contributed by atoms with van der Waals surface area (Å²) in [5.41, 5.74) is 0.449. The van der Waals surface area contributed by atoms with E-state index in [4.69, 9.17) is 0 Å². The standard InChI is InChI=1S/C20H26FN3O3/c1-14(2)24-13-16(12-18(24)25)20(27)23-9-3-8-22(10-11-23)19(26)15-4-6-17(21)7-5-15/h4-7,14,16H,3,8-13H2,1-2H3. The van der Waals surface area contributed by atoms with E-state index in [-0.39, 0.29) is 41.9 Å². The molecular weight excluding hydrogens is 349 g/mol. The molecule has 27 heavy (non-hydrogen) atoms. The number of hydrogen-bond donors (Lipinski definition) is 0. The Hall–Kier alpha value is -2.44. The molecule has 2 saturated heterocycles. The fourth-order valence-electron chi connectivity index (χ4n) is 3.77. The summed E-state index contributed by atoms with van der Waals surface area (Å²) in [4.78, 5) is 42.8. The summed E-state index contributed by atoms with van der Waals surface area (Å²) < 4.78 is 13.1. The first-order chi connectivity index (χ1) is 12.9. The summed E-state index contributed by atoms with van der Waals surface area (Å²) in [5.74, 6) is -0.778. The molecule has 3 amide bonds. The van der Waals surface area contributed by atoms with Crippen molar-refractivity contribution in [3.05, 3.63) is 35.6 Å². The van der Waals surface area contributed by atoms with Crippen LogP contribution in [0.2, 0.25) is 0 Å². The topological polar surface area (TPSA) is 60.9 Å². The molecule has 2 aliphatic heterocycles.